The number of piperazine rings is 1. The summed E-state index contributed by atoms with van der Waals surface area (Å²) in [5.41, 5.74) is 1.40. The summed E-state index contributed by atoms with van der Waals surface area (Å²) >= 11 is 0. The Hall–Kier alpha value is -2.25. The molecule has 0 spiro atoms. The van der Waals surface area contributed by atoms with E-state index in [1.54, 1.807) is 16.8 Å². The third kappa shape index (κ3) is 4.20. The Balaban J connectivity index is 1.29. The Morgan fingerprint density at radius 1 is 1.26 bits per heavy atom. The molecule has 2 aliphatic heterocycles. The van der Waals surface area contributed by atoms with Gasteiger partial charge in [-0.05, 0) is 18.6 Å². The lowest BCUT2D eigenvalue weighted by Gasteiger charge is -2.37. The zero-order valence-electron chi connectivity index (χ0n) is 15.6. The van der Waals surface area contributed by atoms with Crippen LogP contribution in [0.4, 0.5) is 4.39 Å². The summed E-state index contributed by atoms with van der Waals surface area (Å²) in [6, 6.07) is 8.93. The predicted octanol–water partition coefficient (Wildman–Crippen LogP) is 1.60. The van der Waals surface area contributed by atoms with Crippen molar-refractivity contribution < 1.29 is 13.9 Å². The van der Waals surface area contributed by atoms with Crippen molar-refractivity contribution in [3.63, 3.8) is 0 Å². The largest absolute Gasteiger partial charge is 0.372 e. The lowest BCUT2D eigenvalue weighted by Crippen LogP contribution is -2.52. The molecule has 2 fully saturated rings. The second-order valence-electron chi connectivity index (χ2n) is 7.41. The van der Waals surface area contributed by atoms with Crippen LogP contribution in [0, 0.1) is 5.82 Å². The minimum absolute atomic E-state index is 0.0837. The molecule has 0 bridgehead atoms. The highest BCUT2D eigenvalue weighted by Gasteiger charge is 2.37. The van der Waals surface area contributed by atoms with E-state index in [0.29, 0.717) is 24.6 Å². The van der Waals surface area contributed by atoms with Crippen LogP contribution in [-0.2, 0) is 29.6 Å². The molecule has 7 heteroatoms. The predicted molar refractivity (Wildman–Crippen MR) is 98.4 cm³/mol. The number of aryl methyl sites for hydroxylation is 1. The molecule has 6 nitrogen and oxygen atoms in total. The third-order valence-corrected chi connectivity index (χ3v) is 5.46. The first-order chi connectivity index (χ1) is 13.1. The average molecular weight is 372 g/mol. The van der Waals surface area contributed by atoms with Gasteiger partial charge in [-0.25, -0.2) is 4.39 Å². The van der Waals surface area contributed by atoms with Gasteiger partial charge in [-0.2, -0.15) is 5.10 Å². The molecule has 144 valence electrons. The van der Waals surface area contributed by atoms with Gasteiger partial charge in [0, 0.05) is 51.0 Å². The summed E-state index contributed by atoms with van der Waals surface area (Å²) in [5, 5.41) is 4.29. The number of hydrogen-bond donors (Lipinski definition) is 0. The van der Waals surface area contributed by atoms with Gasteiger partial charge in [-0.15, -0.1) is 0 Å². The molecule has 2 unspecified atom stereocenters. The van der Waals surface area contributed by atoms with Crippen molar-refractivity contribution in [1.29, 1.82) is 0 Å². The molecule has 2 saturated heterocycles. The minimum atomic E-state index is -0.223. The van der Waals surface area contributed by atoms with E-state index in [9.17, 15) is 9.18 Å². The Morgan fingerprint density at radius 3 is 2.89 bits per heavy atom. The molecule has 0 radical (unpaired) electrons. The number of halogens is 1. The molecule has 3 heterocycles. The number of carbonyl (C=O) groups excluding carboxylic acids is 1. The van der Waals surface area contributed by atoms with Crippen molar-refractivity contribution in [2.24, 2.45) is 7.05 Å². The zero-order valence-corrected chi connectivity index (χ0v) is 15.6. The maximum Gasteiger partial charge on any atom is 0.228 e. The van der Waals surface area contributed by atoms with Crippen LogP contribution in [0.25, 0.3) is 0 Å². The van der Waals surface area contributed by atoms with Gasteiger partial charge in [0.25, 0.3) is 0 Å². The lowest BCUT2D eigenvalue weighted by molar-refractivity contribution is -0.133. The number of amides is 1. The van der Waals surface area contributed by atoms with E-state index in [-0.39, 0.29) is 17.8 Å². The number of rotatable bonds is 5. The van der Waals surface area contributed by atoms with Crippen molar-refractivity contribution in [3.8, 4) is 0 Å². The number of hydrogen-bond acceptors (Lipinski definition) is 4. The monoisotopic (exact) mass is 372 g/mol. The second kappa shape index (κ2) is 7.78. The zero-order chi connectivity index (χ0) is 18.8. The number of fused-ring (bicyclic) bond motifs is 1. The molecule has 0 aliphatic carbocycles. The Morgan fingerprint density at radius 2 is 2.11 bits per heavy atom. The quantitative estimate of drug-likeness (QED) is 0.800. The van der Waals surface area contributed by atoms with Gasteiger partial charge in [-0.3, -0.25) is 14.4 Å². The summed E-state index contributed by atoms with van der Waals surface area (Å²) in [6.07, 6.45) is 3.16. The van der Waals surface area contributed by atoms with E-state index >= 15 is 0 Å². The molecular formula is C20H25FN4O2. The third-order valence-electron chi connectivity index (χ3n) is 5.46. The SMILES string of the molecule is Cn1ccc(CC(=O)N2CCN3CC(OCc4ccccc4F)CC3C2)n1. The van der Waals surface area contributed by atoms with Gasteiger partial charge in [0.05, 0.1) is 24.8 Å². The molecule has 2 aromatic rings. The lowest BCUT2D eigenvalue weighted by atomic mass is 10.1. The van der Waals surface area contributed by atoms with Crippen LogP contribution in [0.2, 0.25) is 0 Å². The minimum Gasteiger partial charge on any atom is -0.372 e. The summed E-state index contributed by atoms with van der Waals surface area (Å²) in [6.45, 7) is 3.47. The number of ether oxygens (including phenoxy) is 1. The Bertz CT molecular complexity index is 809. The smallest absolute Gasteiger partial charge is 0.228 e. The summed E-state index contributed by atoms with van der Waals surface area (Å²) in [7, 11) is 1.85. The van der Waals surface area contributed by atoms with Crippen molar-refractivity contribution in [1.82, 2.24) is 19.6 Å². The molecule has 2 aliphatic rings. The van der Waals surface area contributed by atoms with Crippen molar-refractivity contribution in [2.45, 2.75) is 31.6 Å². The molecule has 1 aromatic carbocycles. The van der Waals surface area contributed by atoms with E-state index < -0.39 is 0 Å². The first-order valence-corrected chi connectivity index (χ1v) is 9.44. The standard InChI is InChI=1S/C20H25FN4O2/c1-23-7-6-16(22-23)10-20(26)25-9-8-24-13-18(11-17(24)12-25)27-14-15-4-2-3-5-19(15)21/h2-7,17-18H,8-14H2,1H3. The molecular weight excluding hydrogens is 347 g/mol. The van der Waals surface area contributed by atoms with Gasteiger partial charge in [0.2, 0.25) is 5.91 Å². The number of aromatic nitrogens is 2. The average Bonchev–Trinajstić information content (AvgIpc) is 3.25. The van der Waals surface area contributed by atoms with E-state index in [1.165, 1.54) is 6.07 Å². The Labute approximate surface area is 158 Å². The van der Waals surface area contributed by atoms with Crippen molar-refractivity contribution >= 4 is 5.91 Å². The van der Waals surface area contributed by atoms with Gasteiger partial charge in [-0.1, -0.05) is 18.2 Å². The molecule has 1 amide bonds. The fraction of sp³-hybridized carbons (Fsp3) is 0.500. The highest BCUT2D eigenvalue weighted by molar-refractivity contribution is 5.78. The fourth-order valence-electron chi connectivity index (χ4n) is 3.99. The topological polar surface area (TPSA) is 50.6 Å². The van der Waals surface area contributed by atoms with E-state index in [4.69, 9.17) is 4.74 Å². The van der Waals surface area contributed by atoms with Gasteiger partial charge in [0.15, 0.2) is 0 Å². The first kappa shape index (κ1) is 18.1. The summed E-state index contributed by atoms with van der Waals surface area (Å²) in [4.78, 5) is 16.9. The number of nitrogens with zero attached hydrogens (tertiary/aromatic N) is 4. The van der Waals surface area contributed by atoms with Crippen LogP contribution in [0.3, 0.4) is 0 Å². The molecule has 0 N–H and O–H groups in total. The van der Waals surface area contributed by atoms with Crippen LogP contribution in [0.15, 0.2) is 36.5 Å². The van der Waals surface area contributed by atoms with Gasteiger partial charge < -0.3 is 9.64 Å². The molecule has 1 aromatic heterocycles. The molecule has 4 rings (SSSR count). The van der Waals surface area contributed by atoms with Crippen LogP contribution in [0.1, 0.15) is 17.7 Å². The normalized spacial score (nSPS) is 22.8. The van der Waals surface area contributed by atoms with Crippen LogP contribution in [-0.4, -0.2) is 63.8 Å². The first-order valence-electron chi connectivity index (χ1n) is 9.44. The van der Waals surface area contributed by atoms with Gasteiger partial charge >= 0.3 is 0 Å². The highest BCUT2D eigenvalue weighted by Crippen LogP contribution is 2.25. The van der Waals surface area contributed by atoms with Gasteiger partial charge in [0.1, 0.15) is 5.82 Å². The molecule has 0 saturated carbocycles. The Kier molecular flexibility index (Phi) is 5.22. The van der Waals surface area contributed by atoms with Crippen molar-refractivity contribution in [2.75, 3.05) is 26.2 Å². The maximum atomic E-state index is 13.7. The van der Waals surface area contributed by atoms with Crippen LogP contribution < -0.4 is 0 Å². The fourth-order valence-corrected chi connectivity index (χ4v) is 3.99. The summed E-state index contributed by atoms with van der Waals surface area (Å²) in [5.74, 6) is -0.0939. The summed E-state index contributed by atoms with van der Waals surface area (Å²) < 4.78 is 21.4. The number of benzene rings is 1. The molecule has 2 atom stereocenters. The maximum absolute atomic E-state index is 13.7. The van der Waals surface area contributed by atoms with Crippen LogP contribution in [0.5, 0.6) is 0 Å². The van der Waals surface area contributed by atoms with Crippen LogP contribution >= 0.6 is 0 Å². The number of carbonyl (C=O) groups is 1. The van der Waals surface area contributed by atoms with Crippen molar-refractivity contribution in [3.05, 3.63) is 53.6 Å². The molecule has 27 heavy (non-hydrogen) atoms. The van der Waals surface area contributed by atoms with E-state index in [1.807, 2.05) is 30.3 Å². The van der Waals surface area contributed by atoms with E-state index in [0.717, 1.165) is 38.3 Å². The highest BCUT2D eigenvalue weighted by atomic mass is 19.1. The van der Waals surface area contributed by atoms with E-state index in [2.05, 4.69) is 10.00 Å². The second-order valence-corrected chi connectivity index (χ2v) is 7.41.